The highest BCUT2D eigenvalue weighted by Crippen LogP contribution is 2.36. The molecule has 0 aliphatic carbocycles. The standard InChI is InChI=1S/C22H26BrN3O2/c23-18-8-4-7-17(13-18)22(9-11-28-12-10-22)15-24-21(27)19-14-25-26-20(19)16-5-2-1-3-6-16/h1-8,13,19-20,25-26H,9-12,14-15H2,(H,24,27). The molecule has 2 aliphatic heterocycles. The van der Waals surface area contributed by atoms with Gasteiger partial charge in [-0.1, -0.05) is 58.4 Å². The molecule has 2 fully saturated rings. The van der Waals surface area contributed by atoms with Crippen LogP contribution in [0.4, 0.5) is 0 Å². The SMILES string of the molecule is O=C(NCC1(c2cccc(Br)c2)CCOCC1)C1CNNC1c1ccccc1. The molecule has 4 rings (SSSR count). The molecule has 28 heavy (non-hydrogen) atoms. The van der Waals surface area contributed by atoms with Gasteiger partial charge < -0.3 is 10.1 Å². The molecule has 2 aromatic carbocycles. The monoisotopic (exact) mass is 443 g/mol. The van der Waals surface area contributed by atoms with Gasteiger partial charge >= 0.3 is 0 Å². The first-order valence-electron chi connectivity index (χ1n) is 9.83. The second-order valence-electron chi connectivity index (χ2n) is 7.64. The lowest BCUT2D eigenvalue weighted by molar-refractivity contribution is -0.125. The van der Waals surface area contributed by atoms with Crippen molar-refractivity contribution < 1.29 is 9.53 Å². The third-order valence-electron chi connectivity index (χ3n) is 5.97. The van der Waals surface area contributed by atoms with Crippen LogP contribution in [0.25, 0.3) is 0 Å². The molecule has 0 spiro atoms. The molecule has 5 nitrogen and oxygen atoms in total. The second-order valence-corrected chi connectivity index (χ2v) is 8.56. The molecule has 3 N–H and O–H groups in total. The fourth-order valence-electron chi connectivity index (χ4n) is 4.25. The van der Waals surface area contributed by atoms with E-state index in [-0.39, 0.29) is 23.3 Å². The first-order chi connectivity index (χ1) is 13.7. The summed E-state index contributed by atoms with van der Waals surface area (Å²) in [6, 6.07) is 18.6. The quantitative estimate of drug-likeness (QED) is 0.664. The molecule has 2 heterocycles. The number of rotatable bonds is 5. The molecular weight excluding hydrogens is 418 g/mol. The van der Waals surface area contributed by atoms with Gasteiger partial charge in [-0.25, -0.2) is 5.43 Å². The summed E-state index contributed by atoms with van der Waals surface area (Å²) < 4.78 is 6.68. The van der Waals surface area contributed by atoms with E-state index in [1.54, 1.807) is 0 Å². The van der Waals surface area contributed by atoms with Gasteiger partial charge in [-0.05, 0) is 36.1 Å². The van der Waals surface area contributed by atoms with E-state index in [0.717, 1.165) is 36.1 Å². The Labute approximate surface area is 174 Å². The Bertz CT molecular complexity index is 808. The Morgan fingerprint density at radius 3 is 2.68 bits per heavy atom. The molecular formula is C22H26BrN3O2. The van der Waals surface area contributed by atoms with Crippen LogP contribution in [0.5, 0.6) is 0 Å². The fraction of sp³-hybridized carbons (Fsp3) is 0.409. The third-order valence-corrected chi connectivity index (χ3v) is 6.46. The number of halogens is 1. The molecule has 148 valence electrons. The Morgan fingerprint density at radius 1 is 1.14 bits per heavy atom. The lowest BCUT2D eigenvalue weighted by Crippen LogP contribution is -2.47. The number of amides is 1. The zero-order chi connectivity index (χ0) is 19.4. The van der Waals surface area contributed by atoms with Gasteiger partial charge in [0.1, 0.15) is 0 Å². The Kier molecular flexibility index (Phi) is 6.11. The highest BCUT2D eigenvalue weighted by Gasteiger charge is 2.38. The maximum absolute atomic E-state index is 13.1. The van der Waals surface area contributed by atoms with Crippen molar-refractivity contribution in [1.29, 1.82) is 0 Å². The maximum atomic E-state index is 13.1. The molecule has 1 amide bonds. The number of carbonyl (C=O) groups is 1. The molecule has 2 unspecified atom stereocenters. The van der Waals surface area contributed by atoms with Gasteiger partial charge in [-0.15, -0.1) is 0 Å². The summed E-state index contributed by atoms with van der Waals surface area (Å²) in [5, 5.41) is 3.26. The minimum Gasteiger partial charge on any atom is -0.381 e. The van der Waals surface area contributed by atoms with E-state index in [2.05, 4.69) is 62.4 Å². The number of hydrogen-bond donors (Lipinski definition) is 3. The number of nitrogens with one attached hydrogen (secondary N) is 3. The van der Waals surface area contributed by atoms with Gasteiger partial charge in [0.05, 0.1) is 12.0 Å². The highest BCUT2D eigenvalue weighted by atomic mass is 79.9. The average molecular weight is 444 g/mol. The van der Waals surface area contributed by atoms with Gasteiger partial charge in [0.2, 0.25) is 5.91 Å². The molecule has 6 heteroatoms. The van der Waals surface area contributed by atoms with Crippen molar-refractivity contribution in [2.24, 2.45) is 5.92 Å². The van der Waals surface area contributed by atoms with Gasteiger partial charge in [0.15, 0.2) is 0 Å². The van der Waals surface area contributed by atoms with Crippen molar-refractivity contribution in [1.82, 2.24) is 16.2 Å². The van der Waals surface area contributed by atoms with Crippen LogP contribution in [-0.4, -0.2) is 32.2 Å². The largest absolute Gasteiger partial charge is 0.381 e. The van der Waals surface area contributed by atoms with Gasteiger partial charge in [-0.3, -0.25) is 10.2 Å². The fourth-order valence-corrected chi connectivity index (χ4v) is 4.65. The Balaban J connectivity index is 1.49. The van der Waals surface area contributed by atoms with Gasteiger partial charge in [0.25, 0.3) is 0 Å². The zero-order valence-electron chi connectivity index (χ0n) is 15.8. The minimum atomic E-state index is -0.137. The van der Waals surface area contributed by atoms with Crippen molar-refractivity contribution >= 4 is 21.8 Å². The van der Waals surface area contributed by atoms with E-state index in [4.69, 9.17) is 4.74 Å². The van der Waals surface area contributed by atoms with Crippen molar-refractivity contribution in [3.63, 3.8) is 0 Å². The van der Waals surface area contributed by atoms with Crippen LogP contribution in [0, 0.1) is 5.92 Å². The molecule has 0 radical (unpaired) electrons. The van der Waals surface area contributed by atoms with Crippen LogP contribution in [0.15, 0.2) is 59.1 Å². The summed E-state index contributed by atoms with van der Waals surface area (Å²) >= 11 is 3.59. The summed E-state index contributed by atoms with van der Waals surface area (Å²) in [6.07, 6.45) is 1.82. The number of carbonyl (C=O) groups excluding carboxylic acids is 1. The molecule has 2 aliphatic rings. The van der Waals surface area contributed by atoms with Crippen molar-refractivity contribution in [2.45, 2.75) is 24.3 Å². The lowest BCUT2D eigenvalue weighted by atomic mass is 9.74. The van der Waals surface area contributed by atoms with Gasteiger partial charge in [0, 0.05) is 36.2 Å². The molecule has 0 aromatic heterocycles. The number of hydrogen-bond acceptors (Lipinski definition) is 4. The van der Waals surface area contributed by atoms with Crippen LogP contribution in [-0.2, 0) is 14.9 Å². The van der Waals surface area contributed by atoms with Crippen LogP contribution in [0.2, 0.25) is 0 Å². The van der Waals surface area contributed by atoms with Crippen LogP contribution < -0.4 is 16.2 Å². The predicted molar refractivity (Wildman–Crippen MR) is 113 cm³/mol. The van der Waals surface area contributed by atoms with Crippen molar-refractivity contribution in [2.75, 3.05) is 26.3 Å². The predicted octanol–water partition coefficient (Wildman–Crippen LogP) is 3.08. The van der Waals surface area contributed by atoms with E-state index in [1.807, 2.05) is 24.3 Å². The lowest BCUT2D eigenvalue weighted by Gasteiger charge is -2.38. The summed E-state index contributed by atoms with van der Waals surface area (Å²) in [6.45, 7) is 2.70. The Morgan fingerprint density at radius 2 is 1.93 bits per heavy atom. The topological polar surface area (TPSA) is 62.4 Å². The first kappa shape index (κ1) is 19.6. The molecule has 0 bridgehead atoms. The second kappa shape index (κ2) is 8.74. The molecule has 2 saturated heterocycles. The smallest absolute Gasteiger partial charge is 0.226 e. The highest BCUT2D eigenvalue weighted by molar-refractivity contribution is 9.10. The number of ether oxygens (including phenoxy) is 1. The van der Waals surface area contributed by atoms with E-state index < -0.39 is 0 Å². The molecule has 0 saturated carbocycles. The minimum absolute atomic E-state index is 0.0160. The summed E-state index contributed by atoms with van der Waals surface area (Å²) in [4.78, 5) is 13.1. The average Bonchev–Trinajstić information content (AvgIpc) is 3.23. The van der Waals surface area contributed by atoms with Crippen molar-refractivity contribution in [3.05, 3.63) is 70.2 Å². The van der Waals surface area contributed by atoms with Crippen LogP contribution in [0.1, 0.15) is 30.0 Å². The van der Waals surface area contributed by atoms with E-state index in [1.165, 1.54) is 5.56 Å². The van der Waals surface area contributed by atoms with E-state index in [9.17, 15) is 4.79 Å². The van der Waals surface area contributed by atoms with Crippen LogP contribution in [0.3, 0.4) is 0 Å². The molecule has 2 atom stereocenters. The molecule has 2 aromatic rings. The number of hydrazine groups is 1. The van der Waals surface area contributed by atoms with Crippen LogP contribution >= 0.6 is 15.9 Å². The van der Waals surface area contributed by atoms with E-state index in [0.29, 0.717) is 13.1 Å². The summed E-state index contributed by atoms with van der Waals surface area (Å²) in [5.41, 5.74) is 8.70. The summed E-state index contributed by atoms with van der Waals surface area (Å²) in [5.74, 6) is -0.0472. The van der Waals surface area contributed by atoms with E-state index >= 15 is 0 Å². The summed E-state index contributed by atoms with van der Waals surface area (Å²) in [7, 11) is 0. The van der Waals surface area contributed by atoms with Crippen molar-refractivity contribution in [3.8, 4) is 0 Å². The van der Waals surface area contributed by atoms with Gasteiger partial charge in [-0.2, -0.15) is 0 Å². The third kappa shape index (κ3) is 4.15. The first-order valence-corrected chi connectivity index (χ1v) is 10.6. The maximum Gasteiger partial charge on any atom is 0.226 e. The Hall–Kier alpha value is -1.73. The zero-order valence-corrected chi connectivity index (χ0v) is 17.4. The number of benzene rings is 2. The normalized spacial score (nSPS) is 24.0.